The molecule has 4 aliphatic carbocycles. The van der Waals surface area contributed by atoms with E-state index in [2.05, 4.69) is 17.9 Å². The van der Waals surface area contributed by atoms with Crippen molar-refractivity contribution in [2.24, 2.45) is 23.2 Å². The normalized spacial score (nSPS) is 45.5. The highest BCUT2D eigenvalue weighted by atomic mass is 16.3. The largest absolute Gasteiger partial charge is 0.391 e. The number of nitrogens with zero attached hydrogens (tertiary/aromatic N) is 1. The number of β-amino-alcohol motifs (C(OH)–C–C–N with tert-alkyl or cyclic N) is 1. The van der Waals surface area contributed by atoms with E-state index in [1.54, 1.807) is 0 Å². The minimum Gasteiger partial charge on any atom is -0.391 e. The fourth-order valence-corrected chi connectivity index (χ4v) is 6.00. The van der Waals surface area contributed by atoms with Gasteiger partial charge in [-0.15, -0.1) is 0 Å². The van der Waals surface area contributed by atoms with Gasteiger partial charge < -0.3 is 5.11 Å². The van der Waals surface area contributed by atoms with Crippen LogP contribution < -0.4 is 0 Å². The second-order valence-corrected chi connectivity index (χ2v) is 8.36. The van der Waals surface area contributed by atoms with Crippen LogP contribution in [0.15, 0.2) is 11.6 Å². The Labute approximate surface area is 123 Å². The molecular formula is C18H29NO. The lowest BCUT2D eigenvalue weighted by atomic mass is 9.48. The Morgan fingerprint density at radius 2 is 1.80 bits per heavy atom. The minimum absolute atomic E-state index is 0.0808. The Kier molecular flexibility index (Phi) is 3.23. The second-order valence-electron chi connectivity index (χ2n) is 8.36. The highest BCUT2D eigenvalue weighted by Gasteiger charge is 2.54. The summed E-state index contributed by atoms with van der Waals surface area (Å²) < 4.78 is 0. The fourth-order valence-electron chi connectivity index (χ4n) is 6.00. The zero-order chi connectivity index (χ0) is 13.7. The van der Waals surface area contributed by atoms with Crippen molar-refractivity contribution in [1.29, 1.82) is 0 Å². The van der Waals surface area contributed by atoms with Gasteiger partial charge in [0.15, 0.2) is 0 Å². The predicted molar refractivity (Wildman–Crippen MR) is 81.4 cm³/mol. The van der Waals surface area contributed by atoms with Crippen LogP contribution in [0.4, 0.5) is 0 Å². The predicted octanol–water partition coefficient (Wildman–Crippen LogP) is 3.22. The van der Waals surface area contributed by atoms with E-state index in [0.717, 1.165) is 37.4 Å². The van der Waals surface area contributed by atoms with Crippen molar-refractivity contribution >= 4 is 0 Å². The third-order valence-electron chi connectivity index (χ3n) is 6.74. The van der Waals surface area contributed by atoms with Crippen molar-refractivity contribution in [3.8, 4) is 0 Å². The van der Waals surface area contributed by atoms with E-state index in [1.165, 1.54) is 50.5 Å². The molecule has 0 aromatic carbocycles. The molecule has 1 heterocycles. The average molecular weight is 275 g/mol. The molecule has 1 atom stereocenters. The average Bonchev–Trinajstić information content (AvgIpc) is 2.40. The molecular weight excluding hydrogens is 246 g/mol. The van der Waals surface area contributed by atoms with Crippen LogP contribution in [0.1, 0.15) is 51.9 Å². The van der Waals surface area contributed by atoms with Gasteiger partial charge in [-0.3, -0.25) is 4.90 Å². The molecule has 20 heavy (non-hydrogen) atoms. The van der Waals surface area contributed by atoms with Crippen molar-refractivity contribution in [3.05, 3.63) is 11.6 Å². The first-order valence-electron chi connectivity index (χ1n) is 8.69. The van der Waals surface area contributed by atoms with E-state index in [4.69, 9.17) is 0 Å². The lowest BCUT2D eigenvalue weighted by molar-refractivity contribution is -0.126. The van der Waals surface area contributed by atoms with Gasteiger partial charge in [-0.1, -0.05) is 11.6 Å². The summed E-state index contributed by atoms with van der Waals surface area (Å²) in [6.07, 6.45) is 11.8. The second kappa shape index (κ2) is 4.84. The SMILES string of the molecule is CC1=CCN(CC(O)C23CC4CC(CC(C4)C2)C3)CC1. The van der Waals surface area contributed by atoms with Gasteiger partial charge in [0.25, 0.3) is 0 Å². The molecule has 1 unspecified atom stereocenters. The molecule has 5 aliphatic rings. The number of hydrogen-bond donors (Lipinski definition) is 1. The Bertz CT molecular complexity index is 378. The first kappa shape index (κ1) is 13.3. The van der Waals surface area contributed by atoms with Gasteiger partial charge in [-0.2, -0.15) is 0 Å². The zero-order valence-electron chi connectivity index (χ0n) is 12.9. The number of hydrogen-bond acceptors (Lipinski definition) is 2. The standard InChI is InChI=1S/C18H29NO/c1-13-2-4-19(5-3-13)12-17(20)18-9-14-6-15(10-18)8-16(7-14)11-18/h2,14-17,20H,3-12H2,1H3. The third kappa shape index (κ3) is 2.25. The zero-order valence-corrected chi connectivity index (χ0v) is 12.9. The van der Waals surface area contributed by atoms with Gasteiger partial charge in [0, 0.05) is 19.6 Å². The summed E-state index contributed by atoms with van der Waals surface area (Å²) in [6.45, 7) is 5.34. The van der Waals surface area contributed by atoms with E-state index in [0.29, 0.717) is 5.41 Å². The first-order valence-corrected chi connectivity index (χ1v) is 8.69. The van der Waals surface area contributed by atoms with Gasteiger partial charge in [-0.05, 0) is 75.0 Å². The Morgan fingerprint density at radius 3 is 2.30 bits per heavy atom. The Balaban J connectivity index is 1.44. The van der Waals surface area contributed by atoms with Gasteiger partial charge in [0.05, 0.1) is 6.10 Å². The smallest absolute Gasteiger partial charge is 0.0723 e. The van der Waals surface area contributed by atoms with Crippen molar-refractivity contribution in [1.82, 2.24) is 4.90 Å². The maximum atomic E-state index is 11.0. The highest BCUT2D eigenvalue weighted by Crippen LogP contribution is 2.61. The monoisotopic (exact) mass is 275 g/mol. The summed E-state index contributed by atoms with van der Waals surface area (Å²) in [4.78, 5) is 2.47. The quantitative estimate of drug-likeness (QED) is 0.800. The first-order chi connectivity index (χ1) is 9.63. The summed E-state index contributed by atoms with van der Waals surface area (Å²) in [5, 5.41) is 11.0. The molecule has 0 spiro atoms. The fraction of sp³-hybridized carbons (Fsp3) is 0.889. The molecule has 1 N–H and O–H groups in total. The van der Waals surface area contributed by atoms with Crippen molar-refractivity contribution in [2.75, 3.05) is 19.6 Å². The topological polar surface area (TPSA) is 23.5 Å². The van der Waals surface area contributed by atoms with Crippen LogP contribution in [-0.4, -0.2) is 35.7 Å². The molecule has 4 saturated carbocycles. The molecule has 0 amide bonds. The Hall–Kier alpha value is -0.340. The van der Waals surface area contributed by atoms with Crippen molar-refractivity contribution in [2.45, 2.75) is 58.0 Å². The number of aliphatic hydroxyl groups excluding tert-OH is 1. The summed E-state index contributed by atoms with van der Waals surface area (Å²) in [6, 6.07) is 0. The van der Waals surface area contributed by atoms with Crippen LogP contribution in [0.2, 0.25) is 0 Å². The minimum atomic E-state index is -0.0808. The van der Waals surface area contributed by atoms with E-state index in [9.17, 15) is 5.11 Å². The Morgan fingerprint density at radius 1 is 1.20 bits per heavy atom. The molecule has 0 aromatic rings. The van der Waals surface area contributed by atoms with E-state index >= 15 is 0 Å². The molecule has 2 nitrogen and oxygen atoms in total. The van der Waals surface area contributed by atoms with Gasteiger partial charge in [0.1, 0.15) is 0 Å². The van der Waals surface area contributed by atoms with Crippen LogP contribution in [0, 0.1) is 23.2 Å². The molecule has 0 radical (unpaired) electrons. The maximum absolute atomic E-state index is 11.0. The molecule has 112 valence electrons. The molecule has 0 saturated heterocycles. The van der Waals surface area contributed by atoms with Crippen molar-refractivity contribution < 1.29 is 5.11 Å². The van der Waals surface area contributed by atoms with Gasteiger partial charge >= 0.3 is 0 Å². The van der Waals surface area contributed by atoms with E-state index in [-0.39, 0.29) is 6.10 Å². The molecule has 5 rings (SSSR count). The lowest BCUT2D eigenvalue weighted by Gasteiger charge is -2.58. The van der Waals surface area contributed by atoms with Gasteiger partial charge in [0.2, 0.25) is 0 Å². The van der Waals surface area contributed by atoms with E-state index < -0.39 is 0 Å². The molecule has 0 aromatic heterocycles. The molecule has 4 fully saturated rings. The summed E-state index contributed by atoms with van der Waals surface area (Å²) in [5.41, 5.74) is 1.82. The number of aliphatic hydroxyl groups is 1. The highest BCUT2D eigenvalue weighted by molar-refractivity contribution is 5.07. The van der Waals surface area contributed by atoms with Crippen LogP contribution in [0.25, 0.3) is 0 Å². The van der Waals surface area contributed by atoms with Crippen LogP contribution >= 0.6 is 0 Å². The van der Waals surface area contributed by atoms with Gasteiger partial charge in [-0.25, -0.2) is 0 Å². The summed E-state index contributed by atoms with van der Waals surface area (Å²) in [7, 11) is 0. The molecule has 4 bridgehead atoms. The molecule has 2 heteroatoms. The number of rotatable bonds is 3. The van der Waals surface area contributed by atoms with Crippen LogP contribution in [0.5, 0.6) is 0 Å². The van der Waals surface area contributed by atoms with Crippen molar-refractivity contribution in [3.63, 3.8) is 0 Å². The third-order valence-corrected chi connectivity index (χ3v) is 6.74. The summed E-state index contributed by atoms with van der Waals surface area (Å²) in [5.74, 6) is 2.83. The lowest BCUT2D eigenvalue weighted by Crippen LogP contribution is -2.54. The molecule has 1 aliphatic heterocycles. The maximum Gasteiger partial charge on any atom is 0.0723 e. The van der Waals surface area contributed by atoms with E-state index in [1.807, 2.05) is 0 Å². The van der Waals surface area contributed by atoms with Crippen LogP contribution in [-0.2, 0) is 0 Å². The van der Waals surface area contributed by atoms with Crippen LogP contribution in [0.3, 0.4) is 0 Å². The summed E-state index contributed by atoms with van der Waals surface area (Å²) >= 11 is 0.